The maximum Gasteiger partial charge on any atom is 0.356 e. The van der Waals surface area contributed by atoms with Crippen molar-refractivity contribution >= 4 is 35.5 Å². The van der Waals surface area contributed by atoms with Crippen LogP contribution in [-0.4, -0.2) is 43.5 Å². The molecule has 0 radical (unpaired) electrons. The van der Waals surface area contributed by atoms with E-state index < -0.39 is 17.8 Å². The van der Waals surface area contributed by atoms with Crippen LogP contribution >= 0.6 is 11.6 Å². The number of hydroxylamine groups is 2. The van der Waals surface area contributed by atoms with Gasteiger partial charge in [-0.25, -0.2) is 4.79 Å². The first kappa shape index (κ1) is 15.8. The van der Waals surface area contributed by atoms with Crippen LogP contribution in [0.1, 0.15) is 18.4 Å². The molecule has 0 bridgehead atoms. The van der Waals surface area contributed by atoms with Crippen LogP contribution in [0.15, 0.2) is 24.3 Å². The molecule has 0 saturated carbocycles. The van der Waals surface area contributed by atoms with Gasteiger partial charge in [0.25, 0.3) is 11.8 Å². The maximum atomic E-state index is 11.8. The number of rotatable bonds is 4. The molecule has 2 heterocycles. The fourth-order valence-corrected chi connectivity index (χ4v) is 2.27. The second-order valence-corrected chi connectivity index (χ2v) is 5.23. The maximum absolute atomic E-state index is 11.8. The summed E-state index contributed by atoms with van der Waals surface area (Å²) in [5.41, 5.74) is 1.13. The van der Waals surface area contributed by atoms with Crippen LogP contribution in [0.2, 0.25) is 5.02 Å². The van der Waals surface area contributed by atoms with Crippen LogP contribution in [0.4, 0.5) is 0 Å². The summed E-state index contributed by atoms with van der Waals surface area (Å²) in [5, 5.41) is 14.5. The number of aromatic amines is 1. The van der Waals surface area contributed by atoms with E-state index in [4.69, 9.17) is 16.4 Å². The van der Waals surface area contributed by atoms with Crippen molar-refractivity contribution in [3.63, 3.8) is 0 Å². The second-order valence-electron chi connectivity index (χ2n) is 4.79. The first-order valence-electron chi connectivity index (χ1n) is 6.84. The van der Waals surface area contributed by atoms with Crippen molar-refractivity contribution in [1.82, 2.24) is 25.7 Å². The first-order valence-corrected chi connectivity index (χ1v) is 7.21. The lowest BCUT2D eigenvalue weighted by atomic mass is 10.1. The van der Waals surface area contributed by atoms with Gasteiger partial charge in [0.05, 0.1) is 0 Å². The molecular weight excluding hydrogens is 338 g/mol. The number of aromatic nitrogens is 4. The fraction of sp³-hybridized carbons (Fsp3) is 0.143. The SMILES string of the molecule is O=C(/C=C/c1cc(Cl)ccc1-c1nn[nH]n1)ON1C(=O)CCC1=O. The number of benzene rings is 1. The van der Waals surface area contributed by atoms with Crippen molar-refractivity contribution in [1.29, 1.82) is 0 Å². The Morgan fingerprint density at radius 2 is 2.04 bits per heavy atom. The Morgan fingerprint density at radius 1 is 1.29 bits per heavy atom. The average Bonchev–Trinajstić information content (AvgIpc) is 3.19. The number of hydrogen-bond acceptors (Lipinski definition) is 7. The molecule has 1 aromatic carbocycles. The fourth-order valence-electron chi connectivity index (χ4n) is 2.09. The number of halogens is 1. The Morgan fingerprint density at radius 3 is 2.71 bits per heavy atom. The number of carbonyl (C=O) groups is 3. The highest BCUT2D eigenvalue weighted by molar-refractivity contribution is 6.30. The van der Waals surface area contributed by atoms with Crippen molar-refractivity contribution in [2.24, 2.45) is 0 Å². The standard InChI is InChI=1S/C14H10ClN5O4/c15-9-2-3-10(14-16-18-19-17-14)8(7-9)1-6-13(23)24-20-11(21)4-5-12(20)22/h1-3,6-7H,4-5H2,(H,16,17,18,19)/b6-1+. The summed E-state index contributed by atoms with van der Waals surface area (Å²) in [6.45, 7) is 0. The van der Waals surface area contributed by atoms with Crippen LogP contribution in [0.3, 0.4) is 0 Å². The molecule has 1 N–H and O–H groups in total. The third-order valence-electron chi connectivity index (χ3n) is 3.19. The predicted octanol–water partition coefficient (Wildman–Crippen LogP) is 1.14. The van der Waals surface area contributed by atoms with Crippen LogP contribution in [0, 0.1) is 0 Å². The highest BCUT2D eigenvalue weighted by atomic mass is 35.5. The molecule has 0 spiro atoms. The number of tetrazole rings is 1. The molecule has 1 fully saturated rings. The smallest absolute Gasteiger partial charge is 0.326 e. The lowest BCUT2D eigenvalue weighted by molar-refractivity contribution is -0.193. The molecule has 0 aliphatic carbocycles. The number of H-pyrrole nitrogens is 1. The highest BCUT2D eigenvalue weighted by Crippen LogP contribution is 2.24. The topological polar surface area (TPSA) is 118 Å². The highest BCUT2D eigenvalue weighted by Gasteiger charge is 2.32. The van der Waals surface area contributed by atoms with Crippen molar-refractivity contribution in [3.05, 3.63) is 34.9 Å². The van der Waals surface area contributed by atoms with Gasteiger partial charge in [-0.3, -0.25) is 9.59 Å². The third-order valence-corrected chi connectivity index (χ3v) is 3.42. The molecule has 24 heavy (non-hydrogen) atoms. The zero-order valence-electron chi connectivity index (χ0n) is 12.1. The Balaban J connectivity index is 1.79. The lowest BCUT2D eigenvalue weighted by Crippen LogP contribution is -2.31. The van der Waals surface area contributed by atoms with Gasteiger partial charge >= 0.3 is 5.97 Å². The van der Waals surface area contributed by atoms with E-state index in [1.54, 1.807) is 18.2 Å². The van der Waals surface area contributed by atoms with Gasteiger partial charge in [-0.05, 0) is 35.1 Å². The van der Waals surface area contributed by atoms with Crippen LogP contribution < -0.4 is 0 Å². The number of imide groups is 1. The molecule has 0 unspecified atom stereocenters. The van der Waals surface area contributed by atoms with Crippen LogP contribution in [0.25, 0.3) is 17.5 Å². The van der Waals surface area contributed by atoms with Gasteiger partial charge in [-0.1, -0.05) is 11.6 Å². The number of nitrogens with one attached hydrogen (secondary N) is 1. The zero-order chi connectivity index (χ0) is 17.1. The molecule has 1 aliphatic heterocycles. The Labute approximate surface area is 140 Å². The number of carbonyl (C=O) groups excluding carboxylic acids is 3. The van der Waals surface area contributed by atoms with Gasteiger partial charge < -0.3 is 4.84 Å². The van der Waals surface area contributed by atoms with Crippen LogP contribution in [0.5, 0.6) is 0 Å². The van der Waals surface area contributed by atoms with Crippen molar-refractivity contribution in [2.75, 3.05) is 0 Å². The third kappa shape index (κ3) is 3.30. The summed E-state index contributed by atoms with van der Waals surface area (Å²) >= 11 is 5.96. The van der Waals surface area contributed by atoms with Gasteiger partial charge in [0, 0.05) is 29.5 Å². The summed E-state index contributed by atoms with van der Waals surface area (Å²) in [6.07, 6.45) is 2.57. The minimum Gasteiger partial charge on any atom is -0.326 e. The van der Waals surface area contributed by atoms with Gasteiger partial charge in [0.1, 0.15) is 0 Å². The zero-order valence-corrected chi connectivity index (χ0v) is 12.9. The molecule has 9 nitrogen and oxygen atoms in total. The van der Waals surface area contributed by atoms with E-state index in [0.29, 0.717) is 27.0 Å². The van der Waals surface area contributed by atoms with Crippen molar-refractivity contribution in [2.45, 2.75) is 12.8 Å². The van der Waals surface area contributed by atoms with E-state index in [0.717, 1.165) is 6.08 Å². The minimum absolute atomic E-state index is 0.0338. The summed E-state index contributed by atoms with van der Waals surface area (Å²) in [7, 11) is 0. The summed E-state index contributed by atoms with van der Waals surface area (Å²) in [6, 6.07) is 4.92. The predicted molar refractivity (Wildman–Crippen MR) is 80.8 cm³/mol. The number of nitrogens with zero attached hydrogens (tertiary/aromatic N) is 4. The average molecular weight is 348 g/mol. The molecule has 10 heteroatoms. The Kier molecular flexibility index (Phi) is 4.34. The first-order chi connectivity index (χ1) is 11.5. The molecule has 3 rings (SSSR count). The number of hydrogen-bond donors (Lipinski definition) is 1. The minimum atomic E-state index is -0.863. The van der Waals surface area contributed by atoms with Gasteiger partial charge in [-0.15, -0.1) is 15.3 Å². The molecule has 122 valence electrons. The Hall–Kier alpha value is -3.07. The molecule has 1 aromatic heterocycles. The lowest BCUT2D eigenvalue weighted by Gasteiger charge is -2.10. The molecule has 2 amide bonds. The van der Waals surface area contributed by atoms with E-state index in [9.17, 15) is 14.4 Å². The van der Waals surface area contributed by atoms with Crippen LogP contribution in [-0.2, 0) is 19.2 Å². The normalized spacial score (nSPS) is 14.6. The van der Waals surface area contributed by atoms with Gasteiger partial charge in [0.2, 0.25) is 5.82 Å². The molecule has 1 saturated heterocycles. The molecule has 2 aromatic rings. The molecule has 0 atom stereocenters. The molecule has 1 aliphatic rings. The Bertz CT molecular complexity index is 818. The van der Waals surface area contributed by atoms with E-state index in [1.807, 2.05) is 0 Å². The monoisotopic (exact) mass is 347 g/mol. The summed E-state index contributed by atoms with van der Waals surface area (Å²) in [5.74, 6) is -1.63. The van der Waals surface area contributed by atoms with E-state index in [-0.39, 0.29) is 12.8 Å². The number of amides is 2. The van der Waals surface area contributed by atoms with Gasteiger partial charge in [-0.2, -0.15) is 5.21 Å². The van der Waals surface area contributed by atoms with Gasteiger partial charge in [0.15, 0.2) is 0 Å². The van der Waals surface area contributed by atoms with Crippen molar-refractivity contribution < 1.29 is 19.2 Å². The second kappa shape index (κ2) is 6.59. The quantitative estimate of drug-likeness (QED) is 0.650. The summed E-state index contributed by atoms with van der Waals surface area (Å²) < 4.78 is 0. The van der Waals surface area contributed by atoms with E-state index in [2.05, 4.69) is 20.6 Å². The van der Waals surface area contributed by atoms with E-state index >= 15 is 0 Å². The summed E-state index contributed by atoms with van der Waals surface area (Å²) in [4.78, 5) is 39.4. The molecular formula is C14H10ClN5O4. The largest absolute Gasteiger partial charge is 0.356 e. The van der Waals surface area contributed by atoms with E-state index in [1.165, 1.54) is 6.08 Å². The van der Waals surface area contributed by atoms with Crippen molar-refractivity contribution in [3.8, 4) is 11.4 Å².